The number of aromatic nitrogens is 3. The first kappa shape index (κ1) is 37.0. The molecular weight excluding hydrogens is 777 g/mol. The Morgan fingerprint density at radius 2 is 0.641 bits per heavy atom. The molecule has 0 spiro atoms. The normalized spacial score (nSPS) is 11.4. The molecule has 10 aromatic carbocycles. The lowest BCUT2D eigenvalue weighted by molar-refractivity contribution is 1.07. The van der Waals surface area contributed by atoms with Crippen molar-refractivity contribution in [2.24, 2.45) is 0 Å². The van der Waals surface area contributed by atoms with Crippen molar-refractivity contribution in [3.05, 3.63) is 224 Å². The van der Waals surface area contributed by atoms with Gasteiger partial charge in [0.2, 0.25) is 0 Å². The SMILES string of the molecule is N#Cc1ccc2ccc(-c3ccc4c5c(ccc(-c6ccc(-c7ccc(-c8ccc(-c9nc(-c%10ccccc%10)nc(-c%10ccccc%10)n9)cc8)cc7)cc6)c35)-c3ccccc3-4)cc2c1. The molecule has 296 valence electrons. The van der Waals surface area contributed by atoms with E-state index >= 15 is 0 Å². The summed E-state index contributed by atoms with van der Waals surface area (Å²) < 4.78 is 0. The van der Waals surface area contributed by atoms with Crippen molar-refractivity contribution in [1.82, 2.24) is 15.0 Å². The zero-order valence-corrected chi connectivity index (χ0v) is 34.6. The Bertz CT molecular complexity index is 3540. The van der Waals surface area contributed by atoms with E-state index in [1.165, 1.54) is 49.7 Å². The van der Waals surface area contributed by atoms with E-state index < -0.39 is 0 Å². The number of nitriles is 1. The minimum atomic E-state index is 0.639. The standard InChI is InChI=1S/C60H36N4/c61-37-38-15-16-43-25-30-48(36-49(43)35-38)51-32-34-55-53-14-8-7-13-52(53)54-33-31-50(56(51)57(54)55)44-26-21-41(22-27-44)39-17-19-40(20-18-39)42-23-28-47(29-24-42)60-63-58(45-9-3-1-4-10-45)62-59(64-60)46-11-5-2-6-12-46/h1-36H. The maximum absolute atomic E-state index is 9.64. The summed E-state index contributed by atoms with van der Waals surface area (Å²) in [5.41, 5.74) is 17.8. The van der Waals surface area contributed by atoms with Crippen molar-refractivity contribution < 1.29 is 0 Å². The van der Waals surface area contributed by atoms with Crippen molar-refractivity contribution in [1.29, 1.82) is 5.26 Å². The molecule has 4 nitrogen and oxygen atoms in total. The van der Waals surface area contributed by atoms with Crippen LogP contribution in [0.1, 0.15) is 5.56 Å². The third-order valence-electron chi connectivity index (χ3n) is 12.5. The summed E-state index contributed by atoms with van der Waals surface area (Å²) in [5.74, 6) is 1.94. The third kappa shape index (κ3) is 6.43. The lowest BCUT2D eigenvalue weighted by Gasteiger charge is -2.16. The van der Waals surface area contributed by atoms with Crippen molar-refractivity contribution >= 4 is 21.5 Å². The number of benzene rings is 10. The first-order chi connectivity index (χ1) is 31.6. The van der Waals surface area contributed by atoms with Gasteiger partial charge in [-0.1, -0.05) is 200 Å². The minimum Gasteiger partial charge on any atom is -0.208 e. The fourth-order valence-electron chi connectivity index (χ4n) is 9.31. The first-order valence-electron chi connectivity index (χ1n) is 21.5. The molecule has 0 atom stereocenters. The Morgan fingerprint density at radius 1 is 0.266 bits per heavy atom. The van der Waals surface area contributed by atoms with Crippen LogP contribution < -0.4 is 0 Å². The van der Waals surface area contributed by atoms with Gasteiger partial charge in [0, 0.05) is 16.7 Å². The van der Waals surface area contributed by atoms with E-state index in [1.807, 2.05) is 78.9 Å². The first-order valence-corrected chi connectivity index (χ1v) is 21.5. The topological polar surface area (TPSA) is 62.5 Å². The van der Waals surface area contributed by atoms with Gasteiger partial charge < -0.3 is 0 Å². The molecule has 0 N–H and O–H groups in total. The molecule has 0 unspecified atom stereocenters. The Balaban J connectivity index is 0.862. The average Bonchev–Trinajstić information content (AvgIpc) is 3.71. The van der Waals surface area contributed by atoms with E-state index in [2.05, 4.69) is 146 Å². The molecule has 0 saturated heterocycles. The molecular formula is C60H36N4. The van der Waals surface area contributed by atoms with E-state index in [9.17, 15) is 5.26 Å². The highest BCUT2D eigenvalue weighted by Crippen LogP contribution is 2.52. The molecule has 0 aliphatic heterocycles. The van der Waals surface area contributed by atoms with Gasteiger partial charge in [0.15, 0.2) is 17.5 Å². The molecule has 1 heterocycles. The summed E-state index contributed by atoms with van der Waals surface area (Å²) in [6.07, 6.45) is 0. The Hall–Kier alpha value is -8.78. The molecule has 11 aromatic rings. The maximum Gasteiger partial charge on any atom is 0.164 e. The molecule has 1 aromatic heterocycles. The van der Waals surface area contributed by atoms with E-state index in [0.29, 0.717) is 23.0 Å². The molecule has 0 saturated carbocycles. The molecule has 4 heteroatoms. The molecule has 1 aliphatic carbocycles. The molecule has 1 aliphatic rings. The number of fused-ring (bicyclic) bond motifs is 4. The average molecular weight is 813 g/mol. The highest BCUT2D eigenvalue weighted by molar-refractivity contribution is 6.22. The van der Waals surface area contributed by atoms with Gasteiger partial charge in [0.1, 0.15) is 0 Å². The summed E-state index contributed by atoms with van der Waals surface area (Å²) in [6, 6.07) is 79.0. The zero-order valence-electron chi connectivity index (χ0n) is 34.6. The number of nitrogens with zero attached hydrogens (tertiary/aromatic N) is 4. The highest BCUT2D eigenvalue weighted by atomic mass is 15.0. The summed E-state index contributed by atoms with van der Waals surface area (Å²) in [4.78, 5) is 14.7. The lowest BCUT2D eigenvalue weighted by atomic mass is 9.87. The molecule has 0 fully saturated rings. The summed E-state index contributed by atoms with van der Waals surface area (Å²) in [6.45, 7) is 0. The fraction of sp³-hybridized carbons (Fsp3) is 0. The van der Waals surface area contributed by atoms with E-state index in [4.69, 9.17) is 15.0 Å². The van der Waals surface area contributed by atoms with E-state index in [-0.39, 0.29) is 0 Å². The molecule has 0 bridgehead atoms. The Labute approximate surface area is 371 Å². The van der Waals surface area contributed by atoms with Gasteiger partial charge in [-0.3, -0.25) is 0 Å². The summed E-state index contributed by atoms with van der Waals surface area (Å²) in [7, 11) is 0. The quantitative estimate of drug-likeness (QED) is 0.161. The Kier molecular flexibility index (Phi) is 8.84. The molecule has 12 rings (SSSR count). The second-order valence-electron chi connectivity index (χ2n) is 16.3. The second kappa shape index (κ2) is 15.3. The summed E-state index contributed by atoms with van der Waals surface area (Å²) in [5, 5.41) is 14.4. The van der Waals surface area contributed by atoms with E-state index in [1.54, 1.807) is 0 Å². The van der Waals surface area contributed by atoms with Gasteiger partial charge >= 0.3 is 0 Å². The molecule has 64 heavy (non-hydrogen) atoms. The van der Waals surface area contributed by atoms with Crippen molar-refractivity contribution in [2.45, 2.75) is 0 Å². The van der Waals surface area contributed by atoms with Gasteiger partial charge in [0.25, 0.3) is 0 Å². The maximum atomic E-state index is 9.64. The monoisotopic (exact) mass is 812 g/mol. The number of hydrogen-bond acceptors (Lipinski definition) is 4. The van der Waals surface area contributed by atoms with Gasteiger partial charge in [-0.2, -0.15) is 5.26 Å². The van der Waals surface area contributed by atoms with Crippen LogP contribution in [0.4, 0.5) is 0 Å². The van der Waals surface area contributed by atoms with Crippen LogP contribution in [0.3, 0.4) is 0 Å². The second-order valence-corrected chi connectivity index (χ2v) is 16.3. The smallest absolute Gasteiger partial charge is 0.164 e. The van der Waals surface area contributed by atoms with Crippen LogP contribution in [0, 0.1) is 11.3 Å². The van der Waals surface area contributed by atoms with E-state index in [0.717, 1.165) is 55.3 Å². The van der Waals surface area contributed by atoms with Gasteiger partial charge in [-0.15, -0.1) is 0 Å². The van der Waals surface area contributed by atoms with Gasteiger partial charge in [0.05, 0.1) is 11.6 Å². The van der Waals surface area contributed by atoms with Crippen LogP contribution in [0.15, 0.2) is 218 Å². The fourth-order valence-corrected chi connectivity index (χ4v) is 9.31. The molecule has 0 radical (unpaired) electrons. The van der Waals surface area contributed by atoms with Gasteiger partial charge in [-0.25, -0.2) is 15.0 Å². The van der Waals surface area contributed by atoms with Crippen LogP contribution in [0.2, 0.25) is 0 Å². The molecule has 0 amide bonds. The Morgan fingerprint density at radius 3 is 1.14 bits per heavy atom. The van der Waals surface area contributed by atoms with Crippen LogP contribution in [0.25, 0.3) is 122 Å². The van der Waals surface area contributed by atoms with Gasteiger partial charge in [-0.05, 0) is 107 Å². The largest absolute Gasteiger partial charge is 0.208 e. The predicted molar refractivity (Wildman–Crippen MR) is 262 cm³/mol. The van der Waals surface area contributed by atoms with Crippen LogP contribution in [0.5, 0.6) is 0 Å². The number of hydrogen-bond donors (Lipinski definition) is 0. The predicted octanol–water partition coefficient (Wildman–Crippen LogP) is 15.4. The minimum absolute atomic E-state index is 0.639. The zero-order chi connectivity index (χ0) is 42.6. The van der Waals surface area contributed by atoms with Crippen LogP contribution >= 0.6 is 0 Å². The van der Waals surface area contributed by atoms with Crippen LogP contribution in [-0.4, -0.2) is 15.0 Å². The highest BCUT2D eigenvalue weighted by Gasteiger charge is 2.25. The third-order valence-corrected chi connectivity index (χ3v) is 12.5. The number of rotatable bonds is 7. The lowest BCUT2D eigenvalue weighted by Crippen LogP contribution is -2.00. The van der Waals surface area contributed by atoms with Crippen molar-refractivity contribution in [2.75, 3.05) is 0 Å². The van der Waals surface area contributed by atoms with Crippen molar-refractivity contribution in [3.63, 3.8) is 0 Å². The van der Waals surface area contributed by atoms with Crippen molar-refractivity contribution in [3.8, 4) is 107 Å². The summed E-state index contributed by atoms with van der Waals surface area (Å²) >= 11 is 0. The van der Waals surface area contributed by atoms with Crippen LogP contribution in [-0.2, 0) is 0 Å².